The summed E-state index contributed by atoms with van der Waals surface area (Å²) in [6, 6.07) is 12.6. The van der Waals surface area contributed by atoms with Crippen LogP contribution in [0.1, 0.15) is 43.2 Å². The van der Waals surface area contributed by atoms with Gasteiger partial charge in [0.05, 0.1) is 10.9 Å². The molecular weight excluding hydrogens is 322 g/mol. The van der Waals surface area contributed by atoms with Gasteiger partial charge < -0.3 is 5.32 Å². The third-order valence-electron chi connectivity index (χ3n) is 5.75. The van der Waals surface area contributed by atoms with E-state index in [-0.39, 0.29) is 11.3 Å². The fraction of sp³-hybridized carbons (Fsp3) is 0.318. The lowest BCUT2D eigenvalue weighted by atomic mass is 9.79. The van der Waals surface area contributed by atoms with E-state index in [1.807, 2.05) is 12.1 Å². The number of aromatic nitrogens is 2. The Morgan fingerprint density at radius 3 is 2.62 bits per heavy atom. The van der Waals surface area contributed by atoms with Crippen LogP contribution in [0.25, 0.3) is 10.9 Å². The lowest BCUT2D eigenvalue weighted by Gasteiger charge is -2.20. The number of hydrogen-bond acceptors (Lipinski definition) is 3. The van der Waals surface area contributed by atoms with Crippen LogP contribution < -0.4 is 5.32 Å². The second kappa shape index (κ2) is 4.91. The van der Waals surface area contributed by atoms with Gasteiger partial charge in [-0.25, -0.2) is 4.98 Å². The number of nitrogens with zero attached hydrogens (tertiary/aromatic N) is 2. The minimum atomic E-state index is -0.518. The first-order valence-electron chi connectivity index (χ1n) is 9.07. The number of benzene rings is 1. The molecule has 4 nitrogen and oxygen atoms in total. The van der Waals surface area contributed by atoms with Crippen LogP contribution in [0.3, 0.4) is 0 Å². The third kappa shape index (κ3) is 2.05. The molecular formula is C22H21N3O. The largest absolute Gasteiger partial charge is 0.310 e. The van der Waals surface area contributed by atoms with Crippen LogP contribution in [0.5, 0.6) is 0 Å². The zero-order chi connectivity index (χ0) is 18.1. The number of fused-ring (bicyclic) bond motifs is 4. The first-order valence-corrected chi connectivity index (χ1v) is 9.07. The van der Waals surface area contributed by atoms with Gasteiger partial charge in [-0.3, -0.25) is 9.78 Å². The van der Waals surface area contributed by atoms with Gasteiger partial charge in [0.1, 0.15) is 5.82 Å². The molecule has 2 aliphatic rings. The Morgan fingerprint density at radius 2 is 1.85 bits per heavy atom. The number of amides is 1. The molecule has 1 N–H and O–H groups in total. The standard InChI is InChI=1S/C22H21N3O/c1-21(2,3)18-7-6-13-9-14-11-22(12-15(14)10-17(13)24-18)16-5-4-8-23-19(16)25-20(22)26/h4-10H,11-12H2,1-3H3,(H,23,25,26). The van der Waals surface area contributed by atoms with E-state index in [0.717, 1.165) is 28.6 Å². The summed E-state index contributed by atoms with van der Waals surface area (Å²) in [6.07, 6.45) is 3.17. The summed E-state index contributed by atoms with van der Waals surface area (Å²) in [5.74, 6) is 0.776. The third-order valence-corrected chi connectivity index (χ3v) is 5.75. The van der Waals surface area contributed by atoms with E-state index < -0.39 is 5.41 Å². The summed E-state index contributed by atoms with van der Waals surface area (Å²) in [7, 11) is 0. The normalized spacial score (nSPS) is 21.1. The SMILES string of the molecule is CC(C)(C)c1ccc2cc3c(cc2n1)CC1(C3)C(=O)Nc2ncccc21. The maximum absolute atomic E-state index is 12.8. The maximum atomic E-state index is 12.8. The number of pyridine rings is 2. The van der Waals surface area contributed by atoms with E-state index in [4.69, 9.17) is 4.98 Å². The predicted molar refractivity (Wildman–Crippen MR) is 102 cm³/mol. The number of carbonyl (C=O) groups is 1. The minimum absolute atomic E-state index is 0.0182. The van der Waals surface area contributed by atoms with Gasteiger partial charge in [-0.2, -0.15) is 0 Å². The smallest absolute Gasteiger partial charge is 0.237 e. The van der Waals surface area contributed by atoms with Gasteiger partial charge in [-0.15, -0.1) is 0 Å². The Balaban J connectivity index is 1.64. The molecule has 1 unspecified atom stereocenters. The highest BCUT2D eigenvalue weighted by molar-refractivity contribution is 6.06. The maximum Gasteiger partial charge on any atom is 0.237 e. The van der Waals surface area contributed by atoms with Gasteiger partial charge in [0, 0.05) is 28.3 Å². The van der Waals surface area contributed by atoms with E-state index in [0.29, 0.717) is 12.2 Å². The van der Waals surface area contributed by atoms with Gasteiger partial charge in [-0.05, 0) is 48.2 Å². The molecule has 0 bridgehead atoms. The topological polar surface area (TPSA) is 54.9 Å². The molecule has 3 aromatic rings. The van der Waals surface area contributed by atoms with Crippen LogP contribution in [-0.2, 0) is 28.5 Å². The Morgan fingerprint density at radius 1 is 1.08 bits per heavy atom. The van der Waals surface area contributed by atoms with Crippen molar-refractivity contribution < 1.29 is 4.79 Å². The van der Waals surface area contributed by atoms with Gasteiger partial charge in [-0.1, -0.05) is 32.9 Å². The summed E-state index contributed by atoms with van der Waals surface area (Å²) >= 11 is 0. The van der Waals surface area contributed by atoms with Crippen molar-refractivity contribution in [2.24, 2.45) is 0 Å². The van der Waals surface area contributed by atoms with Crippen LogP contribution in [-0.4, -0.2) is 15.9 Å². The fourth-order valence-electron chi connectivity index (χ4n) is 4.31. The van der Waals surface area contributed by atoms with Gasteiger partial charge in [0.2, 0.25) is 5.91 Å². The highest BCUT2D eigenvalue weighted by Crippen LogP contribution is 2.47. The molecule has 1 aliphatic carbocycles. The van der Waals surface area contributed by atoms with Crippen molar-refractivity contribution in [1.29, 1.82) is 0 Å². The van der Waals surface area contributed by atoms with Crippen molar-refractivity contribution in [3.05, 3.63) is 65.0 Å². The second-order valence-corrected chi connectivity index (χ2v) is 8.55. The highest BCUT2D eigenvalue weighted by atomic mass is 16.2. The first-order chi connectivity index (χ1) is 12.4. The summed E-state index contributed by atoms with van der Waals surface area (Å²) in [5, 5.41) is 4.11. The monoisotopic (exact) mass is 343 g/mol. The molecule has 1 aliphatic heterocycles. The Hall–Kier alpha value is -2.75. The van der Waals surface area contributed by atoms with Gasteiger partial charge in [0.15, 0.2) is 0 Å². The minimum Gasteiger partial charge on any atom is -0.310 e. The molecule has 4 heteroatoms. The van der Waals surface area contributed by atoms with E-state index >= 15 is 0 Å². The van der Waals surface area contributed by atoms with Crippen molar-refractivity contribution in [2.45, 2.75) is 44.4 Å². The van der Waals surface area contributed by atoms with Crippen molar-refractivity contribution in [3.63, 3.8) is 0 Å². The number of nitrogens with one attached hydrogen (secondary N) is 1. The molecule has 1 atom stereocenters. The lowest BCUT2D eigenvalue weighted by Crippen LogP contribution is -2.35. The molecule has 5 rings (SSSR count). The van der Waals surface area contributed by atoms with E-state index in [9.17, 15) is 4.79 Å². The Bertz CT molecular complexity index is 1080. The molecule has 26 heavy (non-hydrogen) atoms. The van der Waals surface area contributed by atoms with E-state index in [1.165, 1.54) is 11.1 Å². The van der Waals surface area contributed by atoms with Crippen molar-refractivity contribution >= 4 is 22.6 Å². The van der Waals surface area contributed by atoms with E-state index in [2.05, 4.69) is 55.3 Å². The second-order valence-electron chi connectivity index (χ2n) is 8.55. The molecule has 0 saturated carbocycles. The highest BCUT2D eigenvalue weighted by Gasteiger charge is 2.51. The molecule has 130 valence electrons. The van der Waals surface area contributed by atoms with Crippen molar-refractivity contribution in [3.8, 4) is 0 Å². The number of rotatable bonds is 0. The van der Waals surface area contributed by atoms with E-state index in [1.54, 1.807) is 6.20 Å². The molecule has 1 aromatic carbocycles. The van der Waals surface area contributed by atoms with Crippen molar-refractivity contribution in [1.82, 2.24) is 9.97 Å². The summed E-state index contributed by atoms with van der Waals surface area (Å²) in [4.78, 5) is 22.1. The average Bonchev–Trinajstić information content (AvgIpc) is 3.10. The molecule has 1 amide bonds. The van der Waals surface area contributed by atoms with Crippen LogP contribution in [0, 0.1) is 0 Å². The van der Waals surface area contributed by atoms with Crippen molar-refractivity contribution in [2.75, 3.05) is 5.32 Å². The number of anilines is 1. The predicted octanol–water partition coefficient (Wildman–Crippen LogP) is 3.92. The van der Waals surface area contributed by atoms with Crippen LogP contribution in [0.15, 0.2) is 42.6 Å². The lowest BCUT2D eigenvalue weighted by molar-refractivity contribution is -0.120. The Kier molecular flexibility index (Phi) is 2.93. The molecule has 0 fully saturated rings. The van der Waals surface area contributed by atoms with Crippen LogP contribution >= 0.6 is 0 Å². The summed E-state index contributed by atoms with van der Waals surface area (Å²) < 4.78 is 0. The molecule has 2 aromatic heterocycles. The first kappa shape index (κ1) is 15.5. The summed E-state index contributed by atoms with van der Waals surface area (Å²) in [6.45, 7) is 6.53. The number of carbonyl (C=O) groups excluding carboxylic acids is 1. The van der Waals surface area contributed by atoms with Gasteiger partial charge >= 0.3 is 0 Å². The molecule has 0 saturated heterocycles. The zero-order valence-electron chi connectivity index (χ0n) is 15.3. The molecule has 3 heterocycles. The molecule has 0 radical (unpaired) electrons. The van der Waals surface area contributed by atoms with Crippen LogP contribution in [0.4, 0.5) is 5.82 Å². The van der Waals surface area contributed by atoms with Crippen LogP contribution in [0.2, 0.25) is 0 Å². The molecule has 1 spiro atoms. The quantitative estimate of drug-likeness (QED) is 0.673. The number of hydrogen-bond donors (Lipinski definition) is 1. The fourth-order valence-corrected chi connectivity index (χ4v) is 4.31. The Labute approximate surface area is 152 Å². The summed E-state index contributed by atoms with van der Waals surface area (Å²) in [5.41, 5.74) is 5.09. The average molecular weight is 343 g/mol. The zero-order valence-corrected chi connectivity index (χ0v) is 15.3. The van der Waals surface area contributed by atoms with Gasteiger partial charge in [0.25, 0.3) is 0 Å².